The first-order valence-electron chi connectivity index (χ1n) is 10.7. The van der Waals surface area contributed by atoms with Crippen molar-refractivity contribution in [2.24, 2.45) is 0 Å². The molecule has 0 spiro atoms. The number of likely N-dealkylation sites (N-methyl/N-ethyl adjacent to an activating group) is 1. The van der Waals surface area contributed by atoms with E-state index in [1.807, 2.05) is 58.0 Å². The number of nitrogens with zero attached hydrogens (tertiary/aromatic N) is 1. The molecule has 0 aliphatic carbocycles. The topological polar surface area (TPSA) is 61.4 Å². The van der Waals surface area contributed by atoms with Crippen molar-refractivity contribution < 1.29 is 9.59 Å². The van der Waals surface area contributed by atoms with Gasteiger partial charge in [0.2, 0.25) is 11.8 Å². The Balaban J connectivity index is 1.98. The number of aryl methyl sites for hydroxylation is 3. The summed E-state index contributed by atoms with van der Waals surface area (Å²) in [6.07, 6.45) is 1.85. The molecule has 0 heterocycles. The molecular weight excluding hydrogens is 374 g/mol. The van der Waals surface area contributed by atoms with Crippen LogP contribution in [0.15, 0.2) is 42.5 Å². The van der Waals surface area contributed by atoms with Crippen LogP contribution in [0.3, 0.4) is 0 Å². The van der Waals surface area contributed by atoms with E-state index < -0.39 is 6.04 Å². The highest BCUT2D eigenvalue weighted by Gasteiger charge is 2.23. The minimum absolute atomic E-state index is 0.0220. The lowest BCUT2D eigenvalue weighted by Gasteiger charge is -2.26. The Morgan fingerprint density at radius 3 is 2.20 bits per heavy atom. The zero-order valence-corrected chi connectivity index (χ0v) is 19.1. The van der Waals surface area contributed by atoms with Crippen molar-refractivity contribution in [3.8, 4) is 0 Å². The highest BCUT2D eigenvalue weighted by atomic mass is 16.2. The van der Waals surface area contributed by atoms with E-state index in [2.05, 4.69) is 29.7 Å². The Hall–Kier alpha value is -2.66. The number of rotatable bonds is 9. The molecule has 0 aliphatic heterocycles. The van der Waals surface area contributed by atoms with Gasteiger partial charge in [0, 0.05) is 5.69 Å². The van der Waals surface area contributed by atoms with Crippen LogP contribution >= 0.6 is 0 Å². The molecule has 0 aromatic heterocycles. The van der Waals surface area contributed by atoms with Gasteiger partial charge < -0.3 is 10.6 Å². The van der Waals surface area contributed by atoms with Gasteiger partial charge >= 0.3 is 0 Å². The number of carbonyl (C=O) groups is 2. The zero-order chi connectivity index (χ0) is 22.3. The predicted octanol–water partition coefficient (Wildman–Crippen LogP) is 4.53. The fraction of sp³-hybridized carbons (Fsp3) is 0.440. The summed E-state index contributed by atoms with van der Waals surface area (Å²) in [7, 11) is 1.80. The van der Waals surface area contributed by atoms with E-state index in [1.54, 1.807) is 11.9 Å². The number of hydrogen-bond donors (Lipinski definition) is 2. The van der Waals surface area contributed by atoms with Crippen molar-refractivity contribution in [2.45, 2.75) is 59.5 Å². The smallest absolute Gasteiger partial charge is 0.238 e. The van der Waals surface area contributed by atoms with Crippen LogP contribution in [-0.2, 0) is 9.59 Å². The summed E-state index contributed by atoms with van der Waals surface area (Å²) < 4.78 is 0. The molecule has 0 saturated carbocycles. The molecule has 5 nitrogen and oxygen atoms in total. The Morgan fingerprint density at radius 1 is 1.03 bits per heavy atom. The molecule has 0 bridgehead atoms. The van der Waals surface area contributed by atoms with Gasteiger partial charge in [-0.25, -0.2) is 0 Å². The quantitative estimate of drug-likeness (QED) is 0.640. The van der Waals surface area contributed by atoms with Crippen molar-refractivity contribution in [1.29, 1.82) is 0 Å². The van der Waals surface area contributed by atoms with Gasteiger partial charge in [-0.3, -0.25) is 14.5 Å². The van der Waals surface area contributed by atoms with Gasteiger partial charge in [0.05, 0.1) is 18.6 Å². The lowest BCUT2D eigenvalue weighted by molar-refractivity contribution is -0.127. The Kier molecular flexibility index (Phi) is 8.60. The second kappa shape index (κ2) is 10.9. The summed E-state index contributed by atoms with van der Waals surface area (Å²) in [5.41, 5.74) is 5.21. The minimum atomic E-state index is -0.418. The molecule has 5 heteroatoms. The number of nitrogens with one attached hydrogen (secondary N) is 2. The number of amides is 2. The van der Waals surface area contributed by atoms with Crippen LogP contribution in [0.5, 0.6) is 0 Å². The van der Waals surface area contributed by atoms with Crippen molar-refractivity contribution in [1.82, 2.24) is 10.2 Å². The van der Waals surface area contributed by atoms with Crippen molar-refractivity contribution >= 4 is 17.5 Å². The maximum Gasteiger partial charge on any atom is 0.238 e. The maximum absolute atomic E-state index is 12.8. The van der Waals surface area contributed by atoms with E-state index in [1.165, 1.54) is 5.56 Å². The maximum atomic E-state index is 12.8. The van der Waals surface area contributed by atoms with Crippen LogP contribution in [0.4, 0.5) is 5.69 Å². The lowest BCUT2D eigenvalue weighted by Crippen LogP contribution is -2.46. The number of carbonyl (C=O) groups excluding carboxylic acids is 2. The van der Waals surface area contributed by atoms with Gasteiger partial charge in [-0.2, -0.15) is 0 Å². The first-order chi connectivity index (χ1) is 14.2. The monoisotopic (exact) mass is 409 g/mol. The van der Waals surface area contributed by atoms with Crippen LogP contribution in [0.2, 0.25) is 0 Å². The molecule has 2 amide bonds. The summed E-state index contributed by atoms with van der Waals surface area (Å²) >= 11 is 0. The van der Waals surface area contributed by atoms with E-state index in [0.717, 1.165) is 35.2 Å². The van der Waals surface area contributed by atoms with Crippen molar-refractivity contribution in [3.05, 3.63) is 64.7 Å². The lowest BCUT2D eigenvalue weighted by atomic mass is 10.0. The molecule has 0 saturated heterocycles. The Morgan fingerprint density at radius 2 is 1.63 bits per heavy atom. The predicted molar refractivity (Wildman–Crippen MR) is 124 cm³/mol. The van der Waals surface area contributed by atoms with Crippen LogP contribution in [0.1, 0.15) is 55.0 Å². The van der Waals surface area contributed by atoms with Gasteiger partial charge in [0.25, 0.3) is 0 Å². The highest BCUT2D eigenvalue weighted by molar-refractivity contribution is 5.94. The number of benzene rings is 2. The molecule has 30 heavy (non-hydrogen) atoms. The van der Waals surface area contributed by atoms with Crippen LogP contribution < -0.4 is 10.6 Å². The summed E-state index contributed by atoms with van der Waals surface area (Å²) in [4.78, 5) is 27.2. The fourth-order valence-electron chi connectivity index (χ4n) is 3.71. The van der Waals surface area contributed by atoms with Crippen molar-refractivity contribution in [2.75, 3.05) is 18.9 Å². The third kappa shape index (κ3) is 6.42. The normalized spacial score (nSPS) is 13.0. The van der Waals surface area contributed by atoms with E-state index in [9.17, 15) is 9.59 Å². The van der Waals surface area contributed by atoms with Crippen LogP contribution in [0, 0.1) is 20.8 Å². The third-order valence-electron chi connectivity index (χ3n) is 5.47. The van der Waals surface area contributed by atoms with Crippen molar-refractivity contribution in [3.63, 3.8) is 0 Å². The summed E-state index contributed by atoms with van der Waals surface area (Å²) in [6, 6.07) is 13.7. The van der Waals surface area contributed by atoms with Gasteiger partial charge in [-0.15, -0.1) is 0 Å². The van der Waals surface area contributed by atoms with Gasteiger partial charge in [-0.1, -0.05) is 61.4 Å². The summed E-state index contributed by atoms with van der Waals surface area (Å²) in [5, 5.41) is 6.16. The summed E-state index contributed by atoms with van der Waals surface area (Å²) in [6.45, 7) is 10.1. The molecule has 2 rings (SSSR count). The van der Waals surface area contributed by atoms with Gasteiger partial charge in [0.1, 0.15) is 0 Å². The van der Waals surface area contributed by atoms with E-state index in [4.69, 9.17) is 0 Å². The Labute approximate surface area is 180 Å². The molecule has 0 aliphatic rings. The summed E-state index contributed by atoms with van der Waals surface area (Å²) in [5.74, 6) is -0.198. The number of anilines is 1. The van der Waals surface area contributed by atoms with E-state index in [-0.39, 0.29) is 24.4 Å². The SMILES string of the molecule is CCC[C@H](NC(=O)[C@H](C)N(C)CC(=O)Nc1c(C)cc(C)cc1C)c1ccccc1. The van der Waals surface area contributed by atoms with Crippen LogP contribution in [-0.4, -0.2) is 36.3 Å². The average molecular weight is 410 g/mol. The molecular formula is C25H35N3O2. The molecule has 0 radical (unpaired) electrons. The Bertz CT molecular complexity index is 841. The first kappa shape index (κ1) is 23.6. The molecule has 0 unspecified atom stereocenters. The highest BCUT2D eigenvalue weighted by Crippen LogP contribution is 2.22. The zero-order valence-electron chi connectivity index (χ0n) is 19.1. The molecule has 2 N–H and O–H groups in total. The first-order valence-corrected chi connectivity index (χ1v) is 10.7. The molecule has 2 aromatic carbocycles. The minimum Gasteiger partial charge on any atom is -0.348 e. The average Bonchev–Trinajstić information content (AvgIpc) is 2.70. The molecule has 0 fully saturated rings. The number of hydrogen-bond acceptors (Lipinski definition) is 3. The fourth-order valence-corrected chi connectivity index (χ4v) is 3.71. The van der Waals surface area contributed by atoms with E-state index in [0.29, 0.717) is 0 Å². The van der Waals surface area contributed by atoms with Gasteiger partial charge in [0.15, 0.2) is 0 Å². The largest absolute Gasteiger partial charge is 0.348 e. The van der Waals surface area contributed by atoms with E-state index >= 15 is 0 Å². The van der Waals surface area contributed by atoms with Gasteiger partial charge in [-0.05, 0) is 57.9 Å². The second-order valence-corrected chi connectivity index (χ2v) is 8.17. The third-order valence-corrected chi connectivity index (χ3v) is 5.47. The standard InChI is InChI=1S/C25H35N3O2/c1-7-11-22(21-12-9-8-10-13-21)26-25(30)20(5)28(6)16-23(29)27-24-18(3)14-17(2)15-19(24)4/h8-10,12-15,20,22H,7,11,16H2,1-6H3,(H,26,30)(H,27,29)/t20-,22-/m0/s1. The molecule has 2 aromatic rings. The molecule has 162 valence electrons. The van der Waals surface area contributed by atoms with Crippen LogP contribution in [0.25, 0.3) is 0 Å². The molecule has 2 atom stereocenters. The second-order valence-electron chi connectivity index (χ2n) is 8.17.